The van der Waals surface area contributed by atoms with Crippen LogP contribution in [0.4, 0.5) is 16.2 Å². The number of anilines is 2. The summed E-state index contributed by atoms with van der Waals surface area (Å²) in [6.45, 7) is 3.63. The smallest absolute Gasteiger partial charge is 0.225 e. The van der Waals surface area contributed by atoms with E-state index in [1.807, 2.05) is 26.1 Å². The Labute approximate surface area is 241 Å². The number of hydrogen-bond acceptors (Lipinski definition) is 10. The van der Waals surface area contributed by atoms with Crippen molar-refractivity contribution in [2.75, 3.05) is 17.2 Å². The number of rotatable bonds is 8. The van der Waals surface area contributed by atoms with E-state index in [1.165, 1.54) is 23.5 Å². The third kappa shape index (κ3) is 5.48. The number of nitrogens with one attached hydrogen (secondary N) is 2. The van der Waals surface area contributed by atoms with Gasteiger partial charge in [0.2, 0.25) is 5.95 Å². The molecule has 5 N–H and O–H groups in total. The predicted octanol–water partition coefficient (Wildman–Crippen LogP) is 4.58. The van der Waals surface area contributed by atoms with Crippen molar-refractivity contribution in [1.29, 1.82) is 0 Å². The van der Waals surface area contributed by atoms with E-state index >= 15 is 0 Å². The maximum absolute atomic E-state index is 13.4. The van der Waals surface area contributed by atoms with Crippen molar-refractivity contribution in [3.8, 4) is 10.6 Å². The second-order valence-electron chi connectivity index (χ2n) is 10.5. The molecule has 0 saturated heterocycles. The number of fused-ring (bicyclic) bond motifs is 1. The highest BCUT2D eigenvalue weighted by molar-refractivity contribution is 7.21. The molecular formula is C28H32ClFN6O3S. The molecule has 2 aliphatic rings. The van der Waals surface area contributed by atoms with E-state index in [9.17, 15) is 19.7 Å². The highest BCUT2D eigenvalue weighted by Gasteiger charge is 2.42. The first-order valence-electron chi connectivity index (χ1n) is 13.2. The lowest BCUT2D eigenvalue weighted by atomic mass is 10.0. The summed E-state index contributed by atoms with van der Waals surface area (Å²) in [6, 6.07) is 7.39. The van der Waals surface area contributed by atoms with Crippen LogP contribution in [0.25, 0.3) is 20.8 Å². The molecule has 4 aromatic rings. The number of aliphatic hydroxyl groups excluding tert-OH is 3. The zero-order chi connectivity index (χ0) is 27.3. The second kappa shape index (κ2) is 11.5. The fourth-order valence-electron chi connectivity index (χ4n) is 5.33. The van der Waals surface area contributed by atoms with Gasteiger partial charge < -0.3 is 26.0 Å². The van der Waals surface area contributed by atoms with Gasteiger partial charge in [-0.15, -0.1) is 23.7 Å². The van der Waals surface area contributed by atoms with Crippen LogP contribution < -0.4 is 10.6 Å². The molecule has 2 aliphatic carbocycles. The number of hydrogen-bond donors (Lipinski definition) is 5. The van der Waals surface area contributed by atoms with E-state index in [-0.39, 0.29) is 43.2 Å². The van der Waals surface area contributed by atoms with Gasteiger partial charge in [-0.3, -0.25) is 4.98 Å². The molecule has 0 aliphatic heterocycles. The maximum atomic E-state index is 13.4. The molecule has 3 heterocycles. The summed E-state index contributed by atoms with van der Waals surface area (Å²) in [5, 5.41) is 38.3. The van der Waals surface area contributed by atoms with Crippen molar-refractivity contribution < 1.29 is 19.7 Å². The van der Waals surface area contributed by atoms with Crippen molar-refractivity contribution in [3.05, 3.63) is 59.3 Å². The molecular weight excluding hydrogens is 555 g/mol. The number of aliphatic hydroxyl groups is 3. The minimum absolute atomic E-state index is 0. The van der Waals surface area contributed by atoms with E-state index in [2.05, 4.69) is 15.6 Å². The standard InChI is InChI=1S/C28H31FN6O3S.ClH/c1-13(15-5-7-18(29)8-6-15)31-28-32-14(2)21(26(35-28)33-23-17(12-36)11-19(37)25(23)38)27-34-24-20(39-27)9-10-30-22(24)16-3-4-16;/h5-10,13,16-17,19,23,25,36-38H,3-4,11-12H2,1-2H3,(H2,31,32,33,35);1H/t13-,17+,19-,23-,25-;/m1./s1. The molecule has 0 spiro atoms. The minimum Gasteiger partial charge on any atom is -0.396 e. The molecule has 212 valence electrons. The first-order chi connectivity index (χ1) is 18.8. The second-order valence-corrected chi connectivity index (χ2v) is 11.5. The van der Waals surface area contributed by atoms with Crippen LogP contribution in [0.2, 0.25) is 0 Å². The van der Waals surface area contributed by atoms with Crippen LogP contribution >= 0.6 is 23.7 Å². The van der Waals surface area contributed by atoms with E-state index in [1.54, 1.807) is 12.1 Å². The summed E-state index contributed by atoms with van der Waals surface area (Å²) in [4.78, 5) is 19.1. The van der Waals surface area contributed by atoms with Gasteiger partial charge in [-0.05, 0) is 56.9 Å². The summed E-state index contributed by atoms with van der Waals surface area (Å²) < 4.78 is 14.5. The molecule has 0 bridgehead atoms. The Morgan fingerprint density at radius 2 is 1.85 bits per heavy atom. The number of nitrogens with zero attached hydrogens (tertiary/aromatic N) is 4. The Kier molecular flexibility index (Phi) is 8.21. The first kappa shape index (κ1) is 28.6. The number of aryl methyl sites for hydroxylation is 1. The fourth-order valence-corrected chi connectivity index (χ4v) is 6.39. The van der Waals surface area contributed by atoms with Crippen molar-refractivity contribution in [2.45, 2.75) is 63.3 Å². The van der Waals surface area contributed by atoms with Crippen LogP contribution in [-0.2, 0) is 0 Å². The highest BCUT2D eigenvalue weighted by Crippen LogP contribution is 2.44. The summed E-state index contributed by atoms with van der Waals surface area (Å²) in [7, 11) is 0. The number of thiazole rings is 1. The largest absolute Gasteiger partial charge is 0.396 e. The van der Waals surface area contributed by atoms with Gasteiger partial charge in [0.15, 0.2) is 0 Å². The van der Waals surface area contributed by atoms with Crippen LogP contribution in [0.3, 0.4) is 0 Å². The van der Waals surface area contributed by atoms with Crippen LogP contribution in [0, 0.1) is 18.7 Å². The molecule has 9 nitrogen and oxygen atoms in total. The van der Waals surface area contributed by atoms with Crippen LogP contribution in [0.1, 0.15) is 55.1 Å². The highest BCUT2D eigenvalue weighted by atomic mass is 35.5. The van der Waals surface area contributed by atoms with E-state index < -0.39 is 18.2 Å². The normalized spacial score (nSPS) is 23.1. The topological polar surface area (TPSA) is 136 Å². The van der Waals surface area contributed by atoms with Gasteiger partial charge in [0.05, 0.1) is 39.8 Å². The Balaban J connectivity index is 0.00000323. The van der Waals surface area contributed by atoms with Crippen molar-refractivity contribution in [3.63, 3.8) is 0 Å². The SMILES string of the molecule is Cc1nc(N[C@H](C)c2ccc(F)cc2)nc(N[C@@H]2[C@H](CO)C[C@@H](O)[C@H]2O)c1-c1nc2c(C3CC3)nccc2s1.Cl. The molecule has 1 aromatic carbocycles. The van der Waals surface area contributed by atoms with Gasteiger partial charge in [0.1, 0.15) is 28.3 Å². The molecule has 0 radical (unpaired) electrons. The summed E-state index contributed by atoms with van der Waals surface area (Å²) in [5.74, 6) is 0.589. The lowest BCUT2D eigenvalue weighted by Crippen LogP contribution is -2.38. The Hall–Kier alpha value is -2.96. The zero-order valence-electron chi connectivity index (χ0n) is 22.1. The molecule has 2 saturated carbocycles. The molecule has 0 unspecified atom stereocenters. The molecule has 40 heavy (non-hydrogen) atoms. The summed E-state index contributed by atoms with van der Waals surface area (Å²) in [6.07, 6.45) is 2.32. The Morgan fingerprint density at radius 1 is 1.10 bits per heavy atom. The van der Waals surface area contributed by atoms with Gasteiger partial charge in [-0.25, -0.2) is 14.4 Å². The summed E-state index contributed by atoms with van der Waals surface area (Å²) >= 11 is 1.53. The average Bonchev–Trinajstić information content (AvgIpc) is 3.61. The third-order valence-corrected chi connectivity index (χ3v) is 8.71. The van der Waals surface area contributed by atoms with Crippen molar-refractivity contribution in [2.24, 2.45) is 5.92 Å². The summed E-state index contributed by atoms with van der Waals surface area (Å²) in [5.41, 5.74) is 4.15. The van der Waals surface area contributed by atoms with Gasteiger partial charge >= 0.3 is 0 Å². The number of pyridine rings is 1. The molecule has 0 amide bonds. The van der Waals surface area contributed by atoms with Crippen LogP contribution in [-0.4, -0.2) is 60.1 Å². The van der Waals surface area contributed by atoms with Crippen molar-refractivity contribution in [1.82, 2.24) is 19.9 Å². The molecule has 5 atom stereocenters. The van der Waals surface area contributed by atoms with Crippen LogP contribution in [0.5, 0.6) is 0 Å². The number of aromatic nitrogens is 4. The van der Waals surface area contributed by atoms with Gasteiger partial charge in [0, 0.05) is 24.6 Å². The van der Waals surface area contributed by atoms with E-state index in [4.69, 9.17) is 15.0 Å². The predicted molar refractivity (Wildman–Crippen MR) is 155 cm³/mol. The van der Waals surface area contributed by atoms with E-state index in [0.717, 1.165) is 39.3 Å². The third-order valence-electron chi connectivity index (χ3n) is 7.67. The van der Waals surface area contributed by atoms with Gasteiger partial charge in [-0.2, -0.15) is 4.98 Å². The minimum atomic E-state index is -1.07. The first-order valence-corrected chi connectivity index (χ1v) is 14.0. The lowest BCUT2D eigenvalue weighted by molar-refractivity contribution is 0.0390. The lowest BCUT2D eigenvalue weighted by Gasteiger charge is -2.25. The van der Waals surface area contributed by atoms with Gasteiger partial charge in [-0.1, -0.05) is 12.1 Å². The van der Waals surface area contributed by atoms with Crippen molar-refractivity contribution >= 4 is 45.7 Å². The monoisotopic (exact) mass is 586 g/mol. The molecule has 6 rings (SSSR count). The van der Waals surface area contributed by atoms with E-state index in [0.29, 0.717) is 28.9 Å². The molecule has 12 heteroatoms. The Bertz CT molecular complexity index is 1500. The Morgan fingerprint density at radius 3 is 2.55 bits per heavy atom. The van der Waals surface area contributed by atoms with Crippen LogP contribution in [0.15, 0.2) is 36.5 Å². The quantitative estimate of drug-likeness (QED) is 0.201. The maximum Gasteiger partial charge on any atom is 0.225 e. The number of halogens is 2. The average molecular weight is 587 g/mol. The zero-order valence-corrected chi connectivity index (χ0v) is 23.7. The van der Waals surface area contributed by atoms with Gasteiger partial charge in [0.25, 0.3) is 0 Å². The number of benzene rings is 1. The molecule has 3 aromatic heterocycles. The fraction of sp³-hybridized carbons (Fsp3) is 0.429. The molecule has 2 fully saturated rings.